The third-order valence-corrected chi connectivity index (χ3v) is 9.20. The Morgan fingerprint density at radius 2 is 1.88 bits per heavy atom. The number of nitrogens with zero attached hydrogens (tertiary/aromatic N) is 7. The quantitative estimate of drug-likeness (QED) is 0.327. The van der Waals surface area contributed by atoms with Crippen molar-refractivity contribution in [2.24, 2.45) is 11.3 Å². The number of ether oxygens (including phenoxy) is 2. The standard InChI is InChI=1S/C36H50N8O4.H2S/c1-8-47-29-17-30(32-28(18-37)21-40-44(32)23-29)27-9-10-31(38-20-27)41-13-11-36(12-14-41,33(45)39-19-25(2)3)24-43-16-15-42(22-26(43)4)34(46)48-35(5,6)7;/h9-10,17,20-21,23,25-26H,8,11-16,19,22,24H2,1-7H3,(H,39,45);1H2/t26-;/m0./s1. The number of aromatic nitrogens is 3. The summed E-state index contributed by atoms with van der Waals surface area (Å²) in [5.74, 6) is 1.97. The first kappa shape index (κ1) is 37.8. The largest absolute Gasteiger partial charge is 0.492 e. The number of amides is 2. The molecule has 13 heteroatoms. The summed E-state index contributed by atoms with van der Waals surface area (Å²) in [5.41, 5.74) is 1.80. The maximum atomic E-state index is 13.9. The van der Waals surface area contributed by atoms with Crippen LogP contribution in [0.1, 0.15) is 66.9 Å². The van der Waals surface area contributed by atoms with Gasteiger partial charge in [-0.25, -0.2) is 14.3 Å². The number of nitrogens with one attached hydrogen (secondary N) is 1. The number of hydrogen-bond donors (Lipinski definition) is 1. The summed E-state index contributed by atoms with van der Waals surface area (Å²) in [6.45, 7) is 18.9. The molecule has 5 heterocycles. The second kappa shape index (κ2) is 15.7. The minimum absolute atomic E-state index is 0. The molecule has 1 N–H and O–H groups in total. The first-order valence-corrected chi connectivity index (χ1v) is 17.1. The van der Waals surface area contributed by atoms with Gasteiger partial charge in [0.05, 0.1) is 35.5 Å². The number of pyridine rings is 2. The van der Waals surface area contributed by atoms with E-state index in [0.29, 0.717) is 88.0 Å². The van der Waals surface area contributed by atoms with Crippen molar-refractivity contribution < 1.29 is 19.1 Å². The predicted molar refractivity (Wildman–Crippen MR) is 195 cm³/mol. The molecule has 0 unspecified atom stereocenters. The van der Waals surface area contributed by atoms with Crippen molar-refractivity contribution in [2.75, 3.05) is 57.3 Å². The van der Waals surface area contributed by atoms with Crippen molar-refractivity contribution in [1.82, 2.24) is 29.7 Å². The zero-order valence-electron chi connectivity index (χ0n) is 30.0. The van der Waals surface area contributed by atoms with Gasteiger partial charge in [0.1, 0.15) is 23.2 Å². The molecule has 0 aromatic carbocycles. The van der Waals surface area contributed by atoms with Gasteiger partial charge < -0.3 is 24.6 Å². The maximum Gasteiger partial charge on any atom is 0.410 e. The van der Waals surface area contributed by atoms with Crippen LogP contribution in [0.4, 0.5) is 10.6 Å². The van der Waals surface area contributed by atoms with E-state index in [2.05, 4.69) is 47.1 Å². The molecular formula is C36H52N8O4S. The molecular weight excluding hydrogens is 641 g/mol. The molecule has 2 amide bonds. The van der Waals surface area contributed by atoms with Crippen LogP contribution in [0.5, 0.6) is 5.75 Å². The molecule has 3 aromatic rings. The number of piperidine rings is 1. The van der Waals surface area contributed by atoms with Crippen LogP contribution in [0.2, 0.25) is 0 Å². The number of piperazine rings is 1. The number of fused-ring (bicyclic) bond motifs is 1. The van der Waals surface area contributed by atoms with Crippen LogP contribution in [0.25, 0.3) is 16.6 Å². The molecule has 266 valence electrons. The topological polar surface area (TPSA) is 128 Å². The van der Waals surface area contributed by atoms with Crippen LogP contribution in [0.3, 0.4) is 0 Å². The fraction of sp³-hybridized carbons (Fsp3) is 0.583. The van der Waals surface area contributed by atoms with E-state index in [-0.39, 0.29) is 31.5 Å². The van der Waals surface area contributed by atoms with Crippen LogP contribution >= 0.6 is 13.5 Å². The number of rotatable bonds is 9. The lowest BCUT2D eigenvalue weighted by molar-refractivity contribution is -0.134. The molecule has 0 saturated carbocycles. The van der Waals surface area contributed by atoms with Crippen LogP contribution in [0, 0.1) is 22.7 Å². The molecule has 3 aromatic heterocycles. The Morgan fingerprint density at radius 1 is 1.14 bits per heavy atom. The number of carbonyl (C=O) groups is 2. The van der Waals surface area contributed by atoms with Gasteiger partial charge in [0, 0.05) is 69.2 Å². The Hall–Kier alpha value is -4.02. The second-order valence-electron chi connectivity index (χ2n) is 14.5. The van der Waals surface area contributed by atoms with Crippen LogP contribution in [-0.2, 0) is 9.53 Å². The fourth-order valence-electron chi connectivity index (χ4n) is 6.59. The third kappa shape index (κ3) is 8.78. The van der Waals surface area contributed by atoms with Gasteiger partial charge in [0.15, 0.2) is 0 Å². The first-order valence-electron chi connectivity index (χ1n) is 17.1. The highest BCUT2D eigenvalue weighted by molar-refractivity contribution is 7.59. The molecule has 0 spiro atoms. The molecule has 2 fully saturated rings. The van der Waals surface area contributed by atoms with Crippen molar-refractivity contribution >= 4 is 36.8 Å². The minimum Gasteiger partial charge on any atom is -0.492 e. The first-order chi connectivity index (χ1) is 22.8. The lowest BCUT2D eigenvalue weighted by Gasteiger charge is -2.47. The predicted octanol–water partition coefficient (Wildman–Crippen LogP) is 5.08. The molecule has 0 aliphatic carbocycles. The Balaban J connectivity index is 0.00000541. The average Bonchev–Trinajstić information content (AvgIpc) is 3.47. The number of nitriles is 1. The average molecular weight is 693 g/mol. The highest BCUT2D eigenvalue weighted by atomic mass is 32.1. The van der Waals surface area contributed by atoms with E-state index in [1.54, 1.807) is 21.8 Å². The van der Waals surface area contributed by atoms with Crippen molar-refractivity contribution in [1.29, 1.82) is 5.26 Å². The monoisotopic (exact) mass is 692 g/mol. The van der Waals surface area contributed by atoms with Gasteiger partial charge in [0.2, 0.25) is 5.91 Å². The number of carbonyl (C=O) groups excluding carboxylic acids is 2. The second-order valence-corrected chi connectivity index (χ2v) is 14.5. The Kier molecular flexibility index (Phi) is 12.1. The van der Waals surface area contributed by atoms with E-state index in [1.807, 2.05) is 52.1 Å². The van der Waals surface area contributed by atoms with Crippen molar-refractivity contribution in [3.8, 4) is 22.9 Å². The van der Waals surface area contributed by atoms with Gasteiger partial charge in [-0.05, 0) is 71.6 Å². The van der Waals surface area contributed by atoms with E-state index in [4.69, 9.17) is 14.5 Å². The van der Waals surface area contributed by atoms with Gasteiger partial charge in [-0.3, -0.25) is 9.69 Å². The summed E-state index contributed by atoms with van der Waals surface area (Å²) in [6, 6.07) is 8.29. The fourth-order valence-corrected chi connectivity index (χ4v) is 6.59. The molecule has 2 saturated heterocycles. The SMILES string of the molecule is CCOc1cc(-c2ccc(N3CCC(CN4CCN(C(=O)OC(C)(C)C)C[C@@H]4C)(C(=O)NCC(C)C)CC3)nc2)c2c(C#N)cnn2c1.S. The van der Waals surface area contributed by atoms with E-state index < -0.39 is 11.0 Å². The molecule has 12 nitrogen and oxygen atoms in total. The summed E-state index contributed by atoms with van der Waals surface area (Å²) >= 11 is 0. The molecule has 0 bridgehead atoms. The summed E-state index contributed by atoms with van der Waals surface area (Å²) in [6.07, 6.45) is 6.28. The molecule has 2 aliphatic rings. The zero-order valence-corrected chi connectivity index (χ0v) is 31.0. The molecule has 0 radical (unpaired) electrons. The maximum absolute atomic E-state index is 13.9. The van der Waals surface area contributed by atoms with Gasteiger partial charge >= 0.3 is 6.09 Å². The van der Waals surface area contributed by atoms with E-state index in [0.717, 1.165) is 16.9 Å². The van der Waals surface area contributed by atoms with Gasteiger partial charge in [-0.2, -0.15) is 23.9 Å². The van der Waals surface area contributed by atoms with Crippen molar-refractivity contribution in [2.45, 2.75) is 73.0 Å². The molecule has 2 aliphatic heterocycles. The van der Waals surface area contributed by atoms with E-state index in [1.165, 1.54) is 0 Å². The van der Waals surface area contributed by atoms with Crippen LogP contribution in [-0.4, -0.2) is 100 Å². The molecule has 1 atom stereocenters. The Bertz CT molecular complexity index is 1640. The van der Waals surface area contributed by atoms with Crippen LogP contribution < -0.4 is 15.0 Å². The third-order valence-electron chi connectivity index (χ3n) is 9.20. The van der Waals surface area contributed by atoms with Gasteiger partial charge in [0.25, 0.3) is 0 Å². The molecule has 5 rings (SSSR count). The van der Waals surface area contributed by atoms with Crippen molar-refractivity contribution in [3.63, 3.8) is 0 Å². The van der Waals surface area contributed by atoms with E-state index in [9.17, 15) is 14.9 Å². The smallest absolute Gasteiger partial charge is 0.410 e. The lowest BCUT2D eigenvalue weighted by Crippen LogP contribution is -2.60. The lowest BCUT2D eigenvalue weighted by atomic mass is 9.76. The van der Waals surface area contributed by atoms with Crippen molar-refractivity contribution in [3.05, 3.63) is 42.4 Å². The molecule has 49 heavy (non-hydrogen) atoms. The summed E-state index contributed by atoms with van der Waals surface area (Å²) in [5, 5.41) is 17.3. The highest BCUT2D eigenvalue weighted by Gasteiger charge is 2.44. The normalized spacial score (nSPS) is 18.1. The highest BCUT2D eigenvalue weighted by Crippen LogP contribution is 2.37. The summed E-state index contributed by atoms with van der Waals surface area (Å²) in [7, 11) is 0. The number of hydrogen-bond acceptors (Lipinski definition) is 9. The summed E-state index contributed by atoms with van der Waals surface area (Å²) in [4.78, 5) is 37.9. The summed E-state index contributed by atoms with van der Waals surface area (Å²) < 4.78 is 13.1. The zero-order chi connectivity index (χ0) is 34.6. The van der Waals surface area contributed by atoms with E-state index >= 15 is 0 Å². The van der Waals surface area contributed by atoms with Crippen LogP contribution in [0.15, 0.2) is 36.8 Å². The number of anilines is 1. The minimum atomic E-state index is -0.547. The Morgan fingerprint density at radius 3 is 2.47 bits per heavy atom. The Labute approximate surface area is 297 Å². The van der Waals surface area contributed by atoms with Gasteiger partial charge in [-0.1, -0.05) is 13.8 Å². The van der Waals surface area contributed by atoms with Gasteiger partial charge in [-0.15, -0.1) is 0 Å².